The van der Waals surface area contributed by atoms with E-state index in [2.05, 4.69) is 6.07 Å². The summed E-state index contributed by atoms with van der Waals surface area (Å²) in [6, 6.07) is 11.9. The topological polar surface area (TPSA) is 53.7 Å². The van der Waals surface area contributed by atoms with Crippen molar-refractivity contribution < 1.29 is 14.2 Å². The first-order valence-corrected chi connectivity index (χ1v) is 6.81. The highest BCUT2D eigenvalue weighted by Crippen LogP contribution is 2.38. The van der Waals surface area contributed by atoms with Crippen molar-refractivity contribution in [3.63, 3.8) is 0 Å². The Balaban J connectivity index is 2.20. The monoisotopic (exact) mass is 287 g/mol. The fourth-order valence-corrected chi connectivity index (χ4v) is 2.32. The van der Waals surface area contributed by atoms with Crippen LogP contribution < -0.4 is 19.9 Å². The first kappa shape index (κ1) is 15.0. The highest BCUT2D eigenvalue weighted by atomic mass is 16.5. The van der Waals surface area contributed by atoms with Gasteiger partial charge in [-0.05, 0) is 48.2 Å². The molecule has 0 saturated carbocycles. The summed E-state index contributed by atoms with van der Waals surface area (Å²) in [6.45, 7) is 0. The molecule has 0 aliphatic heterocycles. The Morgan fingerprint density at radius 2 is 1.43 bits per heavy atom. The molecule has 21 heavy (non-hydrogen) atoms. The molecule has 2 aromatic carbocycles. The molecular formula is C17H21NO3. The van der Waals surface area contributed by atoms with E-state index in [1.807, 2.05) is 30.3 Å². The van der Waals surface area contributed by atoms with Crippen LogP contribution in [0.25, 0.3) is 0 Å². The van der Waals surface area contributed by atoms with Gasteiger partial charge in [0.25, 0.3) is 0 Å². The van der Waals surface area contributed by atoms with E-state index < -0.39 is 0 Å². The molecule has 4 nitrogen and oxygen atoms in total. The quantitative estimate of drug-likeness (QED) is 0.830. The van der Waals surface area contributed by atoms with E-state index >= 15 is 0 Å². The van der Waals surface area contributed by atoms with Crippen LogP contribution in [-0.2, 0) is 12.8 Å². The summed E-state index contributed by atoms with van der Waals surface area (Å²) in [4.78, 5) is 0. The number of methoxy groups -OCH3 is 3. The van der Waals surface area contributed by atoms with Gasteiger partial charge in [0.15, 0.2) is 11.5 Å². The van der Waals surface area contributed by atoms with Gasteiger partial charge in [0.1, 0.15) is 0 Å². The van der Waals surface area contributed by atoms with Gasteiger partial charge in [0.05, 0.1) is 21.3 Å². The lowest BCUT2D eigenvalue weighted by molar-refractivity contribution is 0.324. The standard InChI is InChI=1S/C17H21NO3/c1-19-15-10-13(11-16(20-2)17(15)21-3)8-7-12-5-4-6-14(18)9-12/h4-6,9-11H,7-8,18H2,1-3H3. The van der Waals surface area contributed by atoms with Gasteiger partial charge in [-0.2, -0.15) is 0 Å². The summed E-state index contributed by atoms with van der Waals surface area (Å²) in [5, 5.41) is 0. The van der Waals surface area contributed by atoms with Gasteiger partial charge in [-0.25, -0.2) is 0 Å². The maximum absolute atomic E-state index is 5.80. The third-order valence-electron chi connectivity index (χ3n) is 3.38. The summed E-state index contributed by atoms with van der Waals surface area (Å²) >= 11 is 0. The Labute approximate surface area is 125 Å². The molecule has 0 aliphatic rings. The Bertz CT molecular complexity index is 586. The van der Waals surface area contributed by atoms with Crippen LogP contribution in [0.1, 0.15) is 11.1 Å². The number of hydrogen-bond donors (Lipinski definition) is 1. The Kier molecular flexibility index (Phi) is 4.93. The lowest BCUT2D eigenvalue weighted by atomic mass is 10.0. The molecule has 2 N–H and O–H groups in total. The van der Waals surface area contributed by atoms with E-state index in [4.69, 9.17) is 19.9 Å². The number of nitrogen functional groups attached to an aromatic ring is 1. The van der Waals surface area contributed by atoms with Crippen LogP contribution in [-0.4, -0.2) is 21.3 Å². The molecule has 0 bridgehead atoms. The van der Waals surface area contributed by atoms with E-state index in [0.29, 0.717) is 17.2 Å². The lowest BCUT2D eigenvalue weighted by Gasteiger charge is -2.14. The number of nitrogens with two attached hydrogens (primary N) is 1. The first-order valence-electron chi connectivity index (χ1n) is 6.81. The first-order chi connectivity index (χ1) is 10.2. The predicted molar refractivity (Wildman–Crippen MR) is 84.4 cm³/mol. The molecular weight excluding hydrogens is 266 g/mol. The van der Waals surface area contributed by atoms with E-state index in [-0.39, 0.29) is 0 Å². The number of ether oxygens (including phenoxy) is 3. The zero-order chi connectivity index (χ0) is 15.2. The minimum absolute atomic E-state index is 0.618. The Morgan fingerprint density at radius 3 is 1.95 bits per heavy atom. The molecule has 0 aromatic heterocycles. The summed E-state index contributed by atoms with van der Waals surface area (Å²) in [6.07, 6.45) is 1.78. The van der Waals surface area contributed by atoms with Crippen molar-refractivity contribution in [2.45, 2.75) is 12.8 Å². The Morgan fingerprint density at radius 1 is 0.810 bits per heavy atom. The number of aryl methyl sites for hydroxylation is 2. The molecule has 4 heteroatoms. The fraction of sp³-hybridized carbons (Fsp3) is 0.294. The zero-order valence-corrected chi connectivity index (χ0v) is 12.7. The van der Waals surface area contributed by atoms with Gasteiger partial charge in [-0.1, -0.05) is 12.1 Å². The van der Waals surface area contributed by atoms with Crippen molar-refractivity contribution in [3.8, 4) is 17.2 Å². The number of anilines is 1. The normalized spacial score (nSPS) is 10.2. The summed E-state index contributed by atoms with van der Waals surface area (Å²) in [7, 11) is 4.85. The molecule has 2 aromatic rings. The van der Waals surface area contributed by atoms with Crippen LogP contribution in [0, 0.1) is 0 Å². The molecule has 0 amide bonds. The van der Waals surface area contributed by atoms with Crippen LogP contribution in [0.2, 0.25) is 0 Å². The van der Waals surface area contributed by atoms with Crippen molar-refractivity contribution in [1.29, 1.82) is 0 Å². The highest BCUT2D eigenvalue weighted by molar-refractivity contribution is 5.54. The second-order valence-electron chi connectivity index (χ2n) is 4.78. The van der Waals surface area contributed by atoms with E-state index in [9.17, 15) is 0 Å². The van der Waals surface area contributed by atoms with Crippen LogP contribution in [0.5, 0.6) is 17.2 Å². The molecule has 0 aliphatic carbocycles. The highest BCUT2D eigenvalue weighted by Gasteiger charge is 2.13. The van der Waals surface area contributed by atoms with Crippen molar-refractivity contribution >= 4 is 5.69 Å². The van der Waals surface area contributed by atoms with Crippen molar-refractivity contribution in [2.24, 2.45) is 0 Å². The zero-order valence-electron chi connectivity index (χ0n) is 12.7. The van der Waals surface area contributed by atoms with Crippen molar-refractivity contribution in [1.82, 2.24) is 0 Å². The molecule has 0 radical (unpaired) electrons. The van der Waals surface area contributed by atoms with Gasteiger partial charge in [-0.3, -0.25) is 0 Å². The molecule has 0 unspecified atom stereocenters. The van der Waals surface area contributed by atoms with E-state index in [1.165, 1.54) is 5.56 Å². The number of benzene rings is 2. The van der Waals surface area contributed by atoms with Crippen molar-refractivity contribution in [3.05, 3.63) is 47.5 Å². The van der Waals surface area contributed by atoms with Crippen molar-refractivity contribution in [2.75, 3.05) is 27.1 Å². The third kappa shape index (κ3) is 3.60. The van der Waals surface area contributed by atoms with Crippen LogP contribution in [0.3, 0.4) is 0 Å². The summed E-state index contributed by atoms with van der Waals surface area (Å²) < 4.78 is 16.1. The molecule has 0 fully saturated rings. The minimum Gasteiger partial charge on any atom is -0.493 e. The predicted octanol–water partition coefficient (Wildman–Crippen LogP) is 3.08. The second-order valence-corrected chi connectivity index (χ2v) is 4.78. The minimum atomic E-state index is 0.618. The maximum atomic E-state index is 5.80. The van der Waals surface area contributed by atoms with Gasteiger partial charge in [0, 0.05) is 5.69 Å². The maximum Gasteiger partial charge on any atom is 0.203 e. The summed E-state index contributed by atoms with van der Waals surface area (Å²) in [5.41, 5.74) is 8.93. The van der Waals surface area contributed by atoms with Crippen LogP contribution in [0.4, 0.5) is 5.69 Å². The SMILES string of the molecule is COc1cc(CCc2cccc(N)c2)cc(OC)c1OC. The lowest BCUT2D eigenvalue weighted by Crippen LogP contribution is -1.98. The molecule has 2 rings (SSSR count). The van der Waals surface area contributed by atoms with Gasteiger partial charge in [0.2, 0.25) is 5.75 Å². The van der Waals surface area contributed by atoms with Crippen LogP contribution in [0.15, 0.2) is 36.4 Å². The third-order valence-corrected chi connectivity index (χ3v) is 3.38. The van der Waals surface area contributed by atoms with E-state index in [0.717, 1.165) is 24.1 Å². The second kappa shape index (κ2) is 6.88. The average Bonchev–Trinajstić information content (AvgIpc) is 2.51. The van der Waals surface area contributed by atoms with E-state index in [1.54, 1.807) is 21.3 Å². The number of rotatable bonds is 6. The average molecular weight is 287 g/mol. The Hall–Kier alpha value is -2.36. The molecule has 0 saturated heterocycles. The molecule has 0 atom stereocenters. The molecule has 112 valence electrons. The van der Waals surface area contributed by atoms with Gasteiger partial charge in [-0.15, -0.1) is 0 Å². The smallest absolute Gasteiger partial charge is 0.203 e. The van der Waals surface area contributed by atoms with Gasteiger partial charge < -0.3 is 19.9 Å². The molecule has 0 spiro atoms. The van der Waals surface area contributed by atoms with Gasteiger partial charge >= 0.3 is 0 Å². The number of hydrogen-bond acceptors (Lipinski definition) is 4. The van der Waals surface area contributed by atoms with Crippen LogP contribution >= 0.6 is 0 Å². The molecule has 0 heterocycles. The fourth-order valence-electron chi connectivity index (χ4n) is 2.32. The summed E-state index contributed by atoms with van der Waals surface area (Å²) in [5.74, 6) is 1.98. The largest absolute Gasteiger partial charge is 0.493 e.